The van der Waals surface area contributed by atoms with E-state index in [0.717, 1.165) is 25.1 Å². The summed E-state index contributed by atoms with van der Waals surface area (Å²) >= 11 is 0. The van der Waals surface area contributed by atoms with E-state index in [1.54, 1.807) is 6.07 Å². The number of hydrogen-bond acceptors (Lipinski definition) is 5. The molecule has 142 valence electrons. The number of nitrogens with zero attached hydrogens (tertiary/aromatic N) is 3. The molecule has 2 atom stereocenters. The number of aryl methyl sites for hydroxylation is 1. The summed E-state index contributed by atoms with van der Waals surface area (Å²) in [6, 6.07) is 5.59. The van der Waals surface area contributed by atoms with Crippen LogP contribution in [0.15, 0.2) is 18.2 Å². The Balaban J connectivity index is 1.43. The van der Waals surface area contributed by atoms with Gasteiger partial charge in [0, 0.05) is 18.8 Å². The van der Waals surface area contributed by atoms with Crippen LogP contribution in [0.1, 0.15) is 41.9 Å². The van der Waals surface area contributed by atoms with Crippen LogP contribution in [-0.4, -0.2) is 78.3 Å². The highest BCUT2D eigenvalue weighted by molar-refractivity contribution is 5.92. The van der Waals surface area contributed by atoms with E-state index in [9.17, 15) is 4.79 Å². The minimum absolute atomic E-state index is 0.0230. The fourth-order valence-corrected chi connectivity index (χ4v) is 4.40. The summed E-state index contributed by atoms with van der Waals surface area (Å²) in [4.78, 5) is 21.7. The van der Waals surface area contributed by atoms with Crippen molar-refractivity contribution in [2.75, 3.05) is 45.9 Å². The fraction of sp³-hybridized carbons (Fsp3) is 0.700. The molecule has 3 aliphatic rings. The van der Waals surface area contributed by atoms with Crippen LogP contribution in [0.5, 0.6) is 0 Å². The molecular formula is C20H29N3O3. The van der Waals surface area contributed by atoms with E-state index in [0.29, 0.717) is 32.0 Å². The standard InChI is InChI=1S/C20H29N3O3/c1-16-5-4-6-18(21-16)19(24)23-11-12-25-15-20(14-23)8-7-17(26-20)13-22-9-2-3-10-22/h4-6,17H,2-3,7-15H2,1H3. The number of pyridine rings is 1. The molecule has 3 fully saturated rings. The van der Waals surface area contributed by atoms with Crippen LogP contribution in [0.3, 0.4) is 0 Å². The van der Waals surface area contributed by atoms with Crippen molar-refractivity contribution in [3.8, 4) is 0 Å². The maximum absolute atomic E-state index is 12.9. The lowest BCUT2D eigenvalue weighted by Gasteiger charge is -2.32. The molecule has 2 unspecified atom stereocenters. The highest BCUT2D eigenvalue weighted by Crippen LogP contribution is 2.34. The molecule has 6 heteroatoms. The summed E-state index contributed by atoms with van der Waals surface area (Å²) < 4.78 is 12.3. The molecule has 3 aliphatic heterocycles. The van der Waals surface area contributed by atoms with Crippen LogP contribution in [0.25, 0.3) is 0 Å². The van der Waals surface area contributed by atoms with Crippen LogP contribution < -0.4 is 0 Å². The molecule has 0 saturated carbocycles. The Morgan fingerprint density at radius 3 is 2.96 bits per heavy atom. The predicted molar refractivity (Wildman–Crippen MR) is 98.2 cm³/mol. The molecule has 4 heterocycles. The van der Waals surface area contributed by atoms with E-state index in [4.69, 9.17) is 9.47 Å². The Bertz CT molecular complexity index is 647. The number of likely N-dealkylation sites (tertiary alicyclic amines) is 1. The van der Waals surface area contributed by atoms with Crippen LogP contribution in [0.4, 0.5) is 0 Å². The predicted octanol–water partition coefficient (Wildman–Crippen LogP) is 1.88. The molecule has 0 N–H and O–H groups in total. The van der Waals surface area contributed by atoms with Gasteiger partial charge in [0.25, 0.3) is 5.91 Å². The van der Waals surface area contributed by atoms with Crippen molar-refractivity contribution in [3.63, 3.8) is 0 Å². The quantitative estimate of drug-likeness (QED) is 0.825. The van der Waals surface area contributed by atoms with Crippen molar-refractivity contribution in [1.29, 1.82) is 0 Å². The Morgan fingerprint density at radius 1 is 1.31 bits per heavy atom. The molecule has 0 aliphatic carbocycles. The van der Waals surface area contributed by atoms with Gasteiger partial charge < -0.3 is 19.3 Å². The minimum atomic E-state index is -0.361. The molecule has 0 bridgehead atoms. The van der Waals surface area contributed by atoms with E-state index in [-0.39, 0.29) is 17.6 Å². The molecule has 1 aromatic rings. The van der Waals surface area contributed by atoms with Gasteiger partial charge in [-0.15, -0.1) is 0 Å². The van der Waals surface area contributed by atoms with E-state index >= 15 is 0 Å². The highest BCUT2D eigenvalue weighted by Gasteiger charge is 2.44. The second kappa shape index (κ2) is 7.62. The summed E-state index contributed by atoms with van der Waals surface area (Å²) in [5.74, 6) is -0.0230. The molecule has 4 rings (SSSR count). The largest absolute Gasteiger partial charge is 0.377 e. The van der Waals surface area contributed by atoms with Gasteiger partial charge in [-0.1, -0.05) is 6.07 Å². The fourth-order valence-electron chi connectivity index (χ4n) is 4.40. The zero-order valence-corrected chi connectivity index (χ0v) is 15.7. The molecular weight excluding hydrogens is 330 g/mol. The summed E-state index contributed by atoms with van der Waals surface area (Å²) in [6.45, 7) is 7.62. The molecule has 3 saturated heterocycles. The smallest absolute Gasteiger partial charge is 0.272 e. The average Bonchev–Trinajstić information content (AvgIpc) is 3.22. The third-order valence-electron chi connectivity index (χ3n) is 5.74. The lowest BCUT2D eigenvalue weighted by molar-refractivity contribution is -0.0890. The Hall–Kier alpha value is -1.50. The maximum atomic E-state index is 12.9. The number of carbonyl (C=O) groups is 1. The first-order valence-corrected chi connectivity index (χ1v) is 9.84. The second-order valence-electron chi connectivity index (χ2n) is 7.91. The zero-order valence-electron chi connectivity index (χ0n) is 15.7. The first kappa shape index (κ1) is 17.9. The van der Waals surface area contributed by atoms with E-state index < -0.39 is 0 Å². The lowest BCUT2D eigenvalue weighted by Crippen LogP contribution is -2.47. The van der Waals surface area contributed by atoms with E-state index in [2.05, 4.69) is 9.88 Å². The van der Waals surface area contributed by atoms with Crippen molar-refractivity contribution < 1.29 is 14.3 Å². The van der Waals surface area contributed by atoms with Crippen molar-refractivity contribution in [1.82, 2.24) is 14.8 Å². The number of hydrogen-bond donors (Lipinski definition) is 0. The summed E-state index contributed by atoms with van der Waals surface area (Å²) in [6.07, 6.45) is 4.85. The maximum Gasteiger partial charge on any atom is 0.272 e. The molecule has 1 amide bonds. The van der Waals surface area contributed by atoms with Gasteiger partial charge in [0.05, 0.1) is 25.9 Å². The van der Waals surface area contributed by atoms with Crippen LogP contribution >= 0.6 is 0 Å². The van der Waals surface area contributed by atoms with Crippen molar-refractivity contribution >= 4 is 5.91 Å². The molecule has 0 radical (unpaired) electrons. The monoisotopic (exact) mass is 359 g/mol. The summed E-state index contributed by atoms with van der Waals surface area (Å²) in [5.41, 5.74) is 1.01. The number of amides is 1. The van der Waals surface area contributed by atoms with Gasteiger partial charge in [0.15, 0.2) is 0 Å². The van der Waals surface area contributed by atoms with Gasteiger partial charge in [-0.3, -0.25) is 4.79 Å². The van der Waals surface area contributed by atoms with Gasteiger partial charge in [-0.25, -0.2) is 4.98 Å². The Labute approximate surface area is 155 Å². The van der Waals surface area contributed by atoms with Gasteiger partial charge in [-0.05, 0) is 57.8 Å². The van der Waals surface area contributed by atoms with Crippen LogP contribution in [0.2, 0.25) is 0 Å². The molecule has 6 nitrogen and oxygen atoms in total. The average molecular weight is 359 g/mol. The van der Waals surface area contributed by atoms with E-state index in [1.807, 2.05) is 24.0 Å². The van der Waals surface area contributed by atoms with Crippen LogP contribution in [-0.2, 0) is 9.47 Å². The topological polar surface area (TPSA) is 54.9 Å². The third kappa shape index (κ3) is 3.92. The third-order valence-corrected chi connectivity index (χ3v) is 5.74. The van der Waals surface area contributed by atoms with Crippen molar-refractivity contribution in [2.24, 2.45) is 0 Å². The molecule has 0 aromatic carbocycles. The highest BCUT2D eigenvalue weighted by atomic mass is 16.6. The Morgan fingerprint density at radius 2 is 2.15 bits per heavy atom. The van der Waals surface area contributed by atoms with Gasteiger partial charge in [0.2, 0.25) is 0 Å². The zero-order chi connectivity index (χ0) is 18.0. The summed E-state index contributed by atoms with van der Waals surface area (Å²) in [7, 11) is 0. The van der Waals surface area contributed by atoms with Crippen molar-refractivity contribution in [3.05, 3.63) is 29.6 Å². The SMILES string of the molecule is Cc1cccc(C(=O)N2CCOCC3(CCC(CN4CCCC4)O3)C2)n1. The van der Waals surface area contributed by atoms with Crippen LogP contribution in [0, 0.1) is 6.92 Å². The van der Waals surface area contributed by atoms with Gasteiger partial charge >= 0.3 is 0 Å². The number of aromatic nitrogens is 1. The second-order valence-corrected chi connectivity index (χ2v) is 7.91. The lowest BCUT2D eigenvalue weighted by atomic mass is 10.00. The van der Waals surface area contributed by atoms with E-state index in [1.165, 1.54) is 25.9 Å². The summed E-state index contributed by atoms with van der Waals surface area (Å²) in [5, 5.41) is 0. The number of ether oxygens (including phenoxy) is 2. The normalized spacial score (nSPS) is 30.0. The first-order valence-electron chi connectivity index (χ1n) is 9.84. The van der Waals surface area contributed by atoms with Crippen molar-refractivity contribution in [2.45, 2.75) is 44.3 Å². The molecule has 26 heavy (non-hydrogen) atoms. The molecule has 1 aromatic heterocycles. The number of rotatable bonds is 3. The Kier molecular flexibility index (Phi) is 5.25. The van der Waals surface area contributed by atoms with Gasteiger partial charge in [-0.2, -0.15) is 0 Å². The number of carbonyl (C=O) groups excluding carboxylic acids is 1. The van der Waals surface area contributed by atoms with Gasteiger partial charge in [0.1, 0.15) is 11.3 Å². The molecule has 1 spiro atoms. The minimum Gasteiger partial charge on any atom is -0.377 e. The first-order chi connectivity index (χ1) is 12.6.